The molecule has 0 bridgehead atoms. The van der Waals surface area contributed by atoms with Crippen LogP contribution in [0.25, 0.3) is 0 Å². The molecule has 1 aromatic heterocycles. The Morgan fingerprint density at radius 3 is 2.57 bits per heavy atom. The molecule has 0 saturated carbocycles. The molecule has 0 aliphatic heterocycles. The van der Waals surface area contributed by atoms with Gasteiger partial charge < -0.3 is 0 Å². The highest BCUT2D eigenvalue weighted by Gasteiger charge is 2.22. The Morgan fingerprint density at radius 2 is 2.21 bits per heavy atom. The molecule has 0 aliphatic carbocycles. The van der Waals surface area contributed by atoms with Crippen molar-refractivity contribution < 1.29 is 9.72 Å². The fourth-order valence-corrected chi connectivity index (χ4v) is 1.34. The lowest BCUT2D eigenvalue weighted by molar-refractivity contribution is -0.386. The lowest BCUT2D eigenvalue weighted by atomic mass is 10.3. The lowest BCUT2D eigenvalue weighted by Gasteiger charge is -1.97. The highest BCUT2D eigenvalue weighted by atomic mass is 35.5. The fourth-order valence-electron chi connectivity index (χ4n) is 1.22. The van der Waals surface area contributed by atoms with E-state index in [0.29, 0.717) is 5.69 Å². The van der Waals surface area contributed by atoms with E-state index in [1.807, 2.05) is 0 Å². The number of aryl methyl sites for hydroxylation is 1. The molecule has 1 rings (SSSR count). The summed E-state index contributed by atoms with van der Waals surface area (Å²) in [5, 5.41) is 13.8. The average Bonchev–Trinajstić information content (AvgIpc) is 2.25. The maximum Gasteiger partial charge on any atom is 0.312 e. The smallest absolute Gasteiger partial charge is 0.279 e. The van der Waals surface area contributed by atoms with Crippen LogP contribution in [0.4, 0.5) is 5.69 Å². The predicted octanol–water partition coefficient (Wildman–Crippen LogP) is 1.17. The zero-order chi connectivity index (χ0) is 10.9. The van der Waals surface area contributed by atoms with Crippen molar-refractivity contribution in [1.29, 1.82) is 0 Å². The molecule has 1 heterocycles. The van der Waals surface area contributed by atoms with Crippen molar-refractivity contribution in [2.45, 2.75) is 20.4 Å². The van der Waals surface area contributed by atoms with Crippen LogP contribution in [-0.4, -0.2) is 19.9 Å². The van der Waals surface area contributed by atoms with Gasteiger partial charge in [-0.15, -0.1) is 0 Å². The highest BCUT2D eigenvalue weighted by molar-refractivity contribution is 6.63. The minimum absolute atomic E-state index is 0.0667. The molecule has 0 N–H and O–H groups in total. The Hall–Kier alpha value is -1.43. The summed E-state index contributed by atoms with van der Waals surface area (Å²) in [6.45, 7) is 2.89. The van der Waals surface area contributed by atoms with E-state index in [4.69, 9.17) is 11.6 Å². The Bertz CT molecular complexity index is 399. The van der Waals surface area contributed by atoms with Crippen LogP contribution in [0.5, 0.6) is 0 Å². The number of nitro groups is 1. The number of aromatic nitrogens is 2. The second kappa shape index (κ2) is 3.75. The minimum atomic E-state index is -0.606. The first-order chi connectivity index (χ1) is 6.43. The van der Waals surface area contributed by atoms with Crippen molar-refractivity contribution in [3.05, 3.63) is 21.5 Å². The van der Waals surface area contributed by atoms with Crippen LogP contribution in [0.3, 0.4) is 0 Å². The first-order valence-corrected chi connectivity index (χ1v) is 4.18. The van der Waals surface area contributed by atoms with Gasteiger partial charge in [0.15, 0.2) is 0 Å². The molecule has 0 spiro atoms. The molecule has 0 amide bonds. The maximum atomic E-state index is 10.6. The molecule has 0 fully saturated rings. The topological polar surface area (TPSA) is 78.0 Å². The number of hydrogen-bond donors (Lipinski definition) is 0. The number of hydrogen-bond acceptors (Lipinski definition) is 4. The van der Waals surface area contributed by atoms with Gasteiger partial charge in [0, 0.05) is 0 Å². The zero-order valence-electron chi connectivity index (χ0n) is 7.65. The third-order valence-corrected chi connectivity index (χ3v) is 1.92. The van der Waals surface area contributed by atoms with Crippen molar-refractivity contribution in [3.8, 4) is 0 Å². The third-order valence-electron chi connectivity index (χ3n) is 1.80. The molecule has 0 unspecified atom stereocenters. The molecule has 7 heteroatoms. The second-order valence-corrected chi connectivity index (χ2v) is 3.21. The van der Waals surface area contributed by atoms with Gasteiger partial charge in [-0.2, -0.15) is 5.10 Å². The van der Waals surface area contributed by atoms with E-state index in [1.54, 1.807) is 0 Å². The molecule has 0 saturated heterocycles. The highest BCUT2D eigenvalue weighted by Crippen LogP contribution is 2.21. The fraction of sp³-hybridized carbons (Fsp3) is 0.429. The number of nitrogens with zero attached hydrogens (tertiary/aromatic N) is 3. The largest absolute Gasteiger partial charge is 0.312 e. The van der Waals surface area contributed by atoms with Gasteiger partial charge in [-0.1, -0.05) is 0 Å². The van der Waals surface area contributed by atoms with Gasteiger partial charge in [0.25, 0.3) is 0 Å². The molecule has 1 aromatic rings. The Kier molecular flexibility index (Phi) is 2.85. The maximum absolute atomic E-state index is 10.6. The van der Waals surface area contributed by atoms with Crippen molar-refractivity contribution in [1.82, 2.24) is 9.78 Å². The van der Waals surface area contributed by atoms with Gasteiger partial charge in [0.2, 0.25) is 5.24 Å². The van der Waals surface area contributed by atoms with Gasteiger partial charge in [-0.3, -0.25) is 19.6 Å². The van der Waals surface area contributed by atoms with Crippen LogP contribution < -0.4 is 0 Å². The second-order valence-electron chi connectivity index (χ2n) is 2.79. The van der Waals surface area contributed by atoms with E-state index in [1.165, 1.54) is 18.5 Å². The Balaban J connectivity index is 3.16. The normalized spacial score (nSPS) is 10.2. The molecular formula is C7H8ClN3O3. The first-order valence-electron chi connectivity index (χ1n) is 3.80. The van der Waals surface area contributed by atoms with Crippen molar-refractivity contribution in [2.24, 2.45) is 0 Å². The van der Waals surface area contributed by atoms with E-state index in [0.717, 1.165) is 0 Å². The van der Waals surface area contributed by atoms with Crippen LogP contribution in [0.15, 0.2) is 0 Å². The van der Waals surface area contributed by atoms with Crippen molar-refractivity contribution >= 4 is 22.5 Å². The van der Waals surface area contributed by atoms with Crippen LogP contribution >= 0.6 is 11.6 Å². The summed E-state index contributed by atoms with van der Waals surface area (Å²) < 4.78 is 1.23. The van der Waals surface area contributed by atoms with E-state index >= 15 is 0 Å². The molecular weight excluding hydrogens is 210 g/mol. The lowest BCUT2D eigenvalue weighted by Crippen LogP contribution is -2.08. The monoisotopic (exact) mass is 217 g/mol. The summed E-state index contributed by atoms with van der Waals surface area (Å²) >= 11 is 5.16. The number of carbonyl (C=O) groups is 1. The molecule has 0 atom stereocenters. The van der Waals surface area contributed by atoms with Gasteiger partial charge in [-0.05, 0) is 25.4 Å². The van der Waals surface area contributed by atoms with Crippen LogP contribution in [0.2, 0.25) is 0 Å². The molecule has 0 aromatic carbocycles. The van der Waals surface area contributed by atoms with Crippen LogP contribution in [0.1, 0.15) is 11.4 Å². The van der Waals surface area contributed by atoms with Crippen molar-refractivity contribution in [2.75, 3.05) is 0 Å². The van der Waals surface area contributed by atoms with Crippen LogP contribution in [-0.2, 0) is 11.3 Å². The molecule has 76 valence electrons. The van der Waals surface area contributed by atoms with E-state index < -0.39 is 10.2 Å². The summed E-state index contributed by atoms with van der Waals surface area (Å²) in [6, 6.07) is 0. The van der Waals surface area contributed by atoms with Gasteiger partial charge >= 0.3 is 5.69 Å². The summed E-state index contributed by atoms with van der Waals surface area (Å²) in [6.07, 6.45) is 0. The predicted molar refractivity (Wildman–Crippen MR) is 49.2 cm³/mol. The Labute approximate surface area is 84.6 Å². The summed E-state index contributed by atoms with van der Waals surface area (Å²) in [5.41, 5.74) is 0.551. The molecule has 6 nitrogen and oxygen atoms in total. The summed E-state index contributed by atoms with van der Waals surface area (Å²) in [4.78, 5) is 20.6. The van der Waals surface area contributed by atoms with E-state index in [2.05, 4.69) is 5.10 Å². The van der Waals surface area contributed by atoms with Crippen LogP contribution in [0, 0.1) is 24.0 Å². The quantitative estimate of drug-likeness (QED) is 0.433. The van der Waals surface area contributed by atoms with E-state index in [-0.39, 0.29) is 17.9 Å². The first kappa shape index (κ1) is 10.6. The van der Waals surface area contributed by atoms with E-state index in [9.17, 15) is 14.9 Å². The molecule has 0 radical (unpaired) electrons. The van der Waals surface area contributed by atoms with Gasteiger partial charge in [0.05, 0.1) is 4.92 Å². The minimum Gasteiger partial charge on any atom is -0.279 e. The number of carbonyl (C=O) groups excluding carboxylic acids is 1. The third kappa shape index (κ3) is 1.90. The summed E-state index contributed by atoms with van der Waals surface area (Å²) in [5.74, 6) is 0. The number of rotatable bonds is 3. The van der Waals surface area contributed by atoms with Crippen molar-refractivity contribution in [3.63, 3.8) is 0 Å². The number of halogens is 1. The van der Waals surface area contributed by atoms with Gasteiger partial charge in [0.1, 0.15) is 17.9 Å². The average molecular weight is 218 g/mol. The summed E-state index contributed by atoms with van der Waals surface area (Å²) in [7, 11) is 0. The zero-order valence-corrected chi connectivity index (χ0v) is 8.41. The van der Waals surface area contributed by atoms with Gasteiger partial charge in [-0.25, -0.2) is 0 Å². The Morgan fingerprint density at radius 1 is 1.64 bits per heavy atom. The standard InChI is InChI=1S/C7H8ClN3O3/c1-4-7(11(13)14)5(2)10(9-4)3-6(8)12/h3H2,1-2H3. The molecule has 0 aliphatic rings. The SMILES string of the molecule is Cc1nn(CC(=O)Cl)c(C)c1[N+](=O)[O-]. The molecule has 14 heavy (non-hydrogen) atoms.